The summed E-state index contributed by atoms with van der Waals surface area (Å²) in [5.41, 5.74) is 1.76. The molecular weight excluding hydrogens is 376 g/mol. The molecule has 0 radical (unpaired) electrons. The molecule has 4 aromatic carbocycles. The summed E-state index contributed by atoms with van der Waals surface area (Å²) in [6, 6.07) is 23.5. The van der Waals surface area contributed by atoms with Crippen LogP contribution in [0.15, 0.2) is 72.8 Å². The topological polar surface area (TPSA) is 52.6 Å². The van der Waals surface area contributed by atoms with Crippen LogP contribution < -0.4 is 9.47 Å². The molecule has 30 heavy (non-hydrogen) atoms. The van der Waals surface area contributed by atoms with Gasteiger partial charge in [0.1, 0.15) is 11.5 Å². The summed E-state index contributed by atoms with van der Waals surface area (Å²) in [6.07, 6.45) is 0. The number of hydrogen-bond acceptors (Lipinski definition) is 4. The Hall–Kier alpha value is -3.66. The number of carbonyl (C=O) groups is 2. The molecular formula is C26H22O4. The number of hydrogen-bond donors (Lipinski definition) is 0. The van der Waals surface area contributed by atoms with E-state index in [1.54, 1.807) is 0 Å². The van der Waals surface area contributed by atoms with E-state index in [2.05, 4.69) is 0 Å². The highest BCUT2D eigenvalue weighted by Gasteiger charge is 2.24. The van der Waals surface area contributed by atoms with Crippen LogP contribution in [0.25, 0.3) is 21.5 Å². The van der Waals surface area contributed by atoms with E-state index in [0.717, 1.165) is 32.7 Å². The summed E-state index contributed by atoms with van der Waals surface area (Å²) in [4.78, 5) is 23.6. The van der Waals surface area contributed by atoms with E-state index < -0.39 is 0 Å². The van der Waals surface area contributed by atoms with Gasteiger partial charge in [0, 0.05) is 30.9 Å². The van der Waals surface area contributed by atoms with Crippen molar-refractivity contribution in [2.24, 2.45) is 0 Å². The molecule has 0 aromatic heterocycles. The van der Waals surface area contributed by atoms with E-state index in [1.807, 2.05) is 79.7 Å². The lowest BCUT2D eigenvalue weighted by molar-refractivity contribution is -0.132. The first-order chi connectivity index (χ1) is 14.5. The zero-order valence-corrected chi connectivity index (χ0v) is 17.1. The zero-order chi connectivity index (χ0) is 21.3. The van der Waals surface area contributed by atoms with Crippen LogP contribution in [0.3, 0.4) is 0 Å². The van der Waals surface area contributed by atoms with Gasteiger partial charge in [0.05, 0.1) is 0 Å². The van der Waals surface area contributed by atoms with Crippen molar-refractivity contribution >= 4 is 33.5 Å². The van der Waals surface area contributed by atoms with Crippen LogP contribution in [-0.4, -0.2) is 11.9 Å². The van der Waals surface area contributed by atoms with Gasteiger partial charge in [0.15, 0.2) is 0 Å². The van der Waals surface area contributed by atoms with Gasteiger partial charge in [-0.3, -0.25) is 9.59 Å². The van der Waals surface area contributed by atoms with Crippen LogP contribution in [0.1, 0.15) is 37.8 Å². The first-order valence-electron chi connectivity index (χ1n) is 9.86. The summed E-state index contributed by atoms with van der Waals surface area (Å²) in [6.45, 7) is 4.83. The molecule has 0 N–H and O–H groups in total. The maximum atomic E-state index is 11.8. The fourth-order valence-corrected chi connectivity index (χ4v) is 4.08. The molecule has 0 aliphatic carbocycles. The van der Waals surface area contributed by atoms with Gasteiger partial charge in [-0.25, -0.2) is 0 Å². The molecule has 4 heteroatoms. The van der Waals surface area contributed by atoms with Crippen molar-refractivity contribution in [3.8, 4) is 11.5 Å². The monoisotopic (exact) mass is 398 g/mol. The van der Waals surface area contributed by atoms with Crippen molar-refractivity contribution in [3.05, 3.63) is 83.9 Å². The Labute approximate surface area is 175 Å². The number of ether oxygens (including phenoxy) is 2. The number of carbonyl (C=O) groups excluding carboxylic acids is 2. The SMILES string of the molecule is CC(=O)Oc1ccc2ccccc2c1C(C)c1c(OC(C)=O)ccc2ccccc12. The Balaban J connectivity index is 2.03. The Morgan fingerprint density at radius 3 is 1.43 bits per heavy atom. The molecule has 0 fully saturated rings. The largest absolute Gasteiger partial charge is 0.426 e. The van der Waals surface area contributed by atoms with Gasteiger partial charge in [-0.2, -0.15) is 0 Å². The summed E-state index contributed by atoms with van der Waals surface area (Å²) >= 11 is 0. The van der Waals surface area contributed by atoms with Gasteiger partial charge in [-0.05, 0) is 33.7 Å². The quantitative estimate of drug-likeness (QED) is 0.313. The summed E-state index contributed by atoms with van der Waals surface area (Å²) in [5, 5.41) is 4.07. The zero-order valence-electron chi connectivity index (χ0n) is 17.1. The third-order valence-corrected chi connectivity index (χ3v) is 5.23. The highest BCUT2D eigenvalue weighted by Crippen LogP contribution is 2.43. The number of esters is 2. The van der Waals surface area contributed by atoms with Crippen LogP contribution in [0.5, 0.6) is 11.5 Å². The molecule has 0 saturated carbocycles. The molecule has 0 spiro atoms. The first-order valence-corrected chi connectivity index (χ1v) is 9.86. The summed E-state index contributed by atoms with van der Waals surface area (Å²) in [5.74, 6) is 0.0606. The summed E-state index contributed by atoms with van der Waals surface area (Å²) < 4.78 is 11.2. The van der Waals surface area contributed by atoms with E-state index in [9.17, 15) is 9.59 Å². The smallest absolute Gasteiger partial charge is 0.308 e. The standard InChI is InChI=1S/C26H22O4/c1-16(25-21-10-6-4-8-19(21)12-14-23(25)29-17(2)27)26-22-11-7-5-9-20(22)13-15-24(26)30-18(3)28/h4-16H,1-3H3. The lowest BCUT2D eigenvalue weighted by Crippen LogP contribution is -2.10. The maximum absolute atomic E-state index is 11.8. The van der Waals surface area contributed by atoms with E-state index in [-0.39, 0.29) is 17.9 Å². The van der Waals surface area contributed by atoms with Crippen molar-refractivity contribution in [1.82, 2.24) is 0 Å². The molecule has 4 rings (SSSR count). The normalized spacial score (nSPS) is 11.1. The molecule has 0 saturated heterocycles. The predicted molar refractivity (Wildman–Crippen MR) is 118 cm³/mol. The lowest BCUT2D eigenvalue weighted by Gasteiger charge is -2.22. The van der Waals surface area contributed by atoms with E-state index in [1.165, 1.54) is 13.8 Å². The molecule has 4 aromatic rings. The molecule has 0 bridgehead atoms. The fourth-order valence-electron chi connectivity index (χ4n) is 4.08. The second-order valence-corrected chi connectivity index (χ2v) is 7.31. The van der Waals surface area contributed by atoms with Gasteiger partial charge in [-0.1, -0.05) is 67.6 Å². The van der Waals surface area contributed by atoms with E-state index in [0.29, 0.717) is 11.5 Å². The molecule has 4 nitrogen and oxygen atoms in total. The molecule has 0 aliphatic heterocycles. The van der Waals surface area contributed by atoms with Crippen LogP contribution in [-0.2, 0) is 9.59 Å². The van der Waals surface area contributed by atoms with Crippen molar-refractivity contribution < 1.29 is 19.1 Å². The van der Waals surface area contributed by atoms with Gasteiger partial charge in [-0.15, -0.1) is 0 Å². The number of rotatable bonds is 4. The predicted octanol–water partition coefficient (Wildman–Crippen LogP) is 6.00. The molecule has 150 valence electrons. The Kier molecular flexibility index (Phi) is 5.23. The highest BCUT2D eigenvalue weighted by molar-refractivity contribution is 5.93. The van der Waals surface area contributed by atoms with Gasteiger partial charge >= 0.3 is 11.9 Å². The molecule has 0 amide bonds. The Morgan fingerprint density at radius 2 is 1.03 bits per heavy atom. The second kappa shape index (κ2) is 7.99. The van der Waals surface area contributed by atoms with Crippen molar-refractivity contribution in [3.63, 3.8) is 0 Å². The minimum Gasteiger partial charge on any atom is -0.426 e. The minimum absolute atomic E-state index is 0.203. The van der Waals surface area contributed by atoms with Gasteiger partial charge in [0.25, 0.3) is 0 Å². The van der Waals surface area contributed by atoms with Gasteiger partial charge < -0.3 is 9.47 Å². The third kappa shape index (κ3) is 3.64. The maximum Gasteiger partial charge on any atom is 0.308 e. The van der Waals surface area contributed by atoms with Crippen molar-refractivity contribution in [2.45, 2.75) is 26.7 Å². The average Bonchev–Trinajstić information content (AvgIpc) is 2.72. The molecule has 0 atom stereocenters. The number of benzene rings is 4. The van der Waals surface area contributed by atoms with Crippen LogP contribution in [0.4, 0.5) is 0 Å². The Bertz CT molecular complexity index is 1170. The molecule has 0 unspecified atom stereocenters. The van der Waals surface area contributed by atoms with Crippen LogP contribution in [0.2, 0.25) is 0 Å². The minimum atomic E-state index is -0.378. The molecule has 0 aliphatic rings. The van der Waals surface area contributed by atoms with E-state index in [4.69, 9.17) is 9.47 Å². The number of fused-ring (bicyclic) bond motifs is 2. The summed E-state index contributed by atoms with van der Waals surface area (Å²) in [7, 11) is 0. The van der Waals surface area contributed by atoms with Crippen molar-refractivity contribution in [2.75, 3.05) is 0 Å². The fraction of sp³-hybridized carbons (Fsp3) is 0.154. The highest BCUT2D eigenvalue weighted by atomic mass is 16.5. The lowest BCUT2D eigenvalue weighted by atomic mass is 9.85. The average molecular weight is 398 g/mol. The molecule has 0 heterocycles. The van der Waals surface area contributed by atoms with Crippen LogP contribution >= 0.6 is 0 Å². The second-order valence-electron chi connectivity index (χ2n) is 7.31. The van der Waals surface area contributed by atoms with Crippen LogP contribution in [0, 0.1) is 0 Å². The Morgan fingerprint density at radius 1 is 0.633 bits per heavy atom. The van der Waals surface area contributed by atoms with Crippen molar-refractivity contribution in [1.29, 1.82) is 0 Å². The van der Waals surface area contributed by atoms with Gasteiger partial charge in [0.2, 0.25) is 0 Å². The first kappa shape index (κ1) is 19.6. The third-order valence-electron chi connectivity index (χ3n) is 5.23. The van der Waals surface area contributed by atoms with E-state index >= 15 is 0 Å².